The van der Waals surface area contributed by atoms with Gasteiger partial charge in [-0.15, -0.1) is 0 Å². The maximum absolute atomic E-state index is 13.3. The number of benzene rings is 1. The molecule has 0 bridgehead atoms. The van der Waals surface area contributed by atoms with Crippen molar-refractivity contribution < 1.29 is 22.0 Å². The van der Waals surface area contributed by atoms with Crippen molar-refractivity contribution in [2.24, 2.45) is 0 Å². The highest BCUT2D eigenvalue weighted by molar-refractivity contribution is 7.89. The highest BCUT2D eigenvalue weighted by Gasteiger charge is 2.20. The molecule has 88 valence electrons. The van der Waals surface area contributed by atoms with Crippen LogP contribution >= 0.6 is 0 Å². The summed E-state index contributed by atoms with van der Waals surface area (Å²) in [6.45, 7) is 1.37. The zero-order valence-electron chi connectivity index (χ0n) is 8.54. The molecular weight excluding hydrogens is 240 g/mol. The third-order valence-electron chi connectivity index (χ3n) is 1.81. The van der Waals surface area contributed by atoms with Crippen molar-refractivity contribution in [3.8, 4) is 0 Å². The van der Waals surface area contributed by atoms with Gasteiger partial charge in [-0.1, -0.05) is 6.07 Å². The first kappa shape index (κ1) is 12.6. The number of carbonyl (C=O) groups is 1. The van der Waals surface area contributed by atoms with Crippen molar-refractivity contribution in [2.45, 2.75) is 6.92 Å². The lowest BCUT2D eigenvalue weighted by atomic mass is 10.1. The third kappa shape index (κ3) is 2.75. The Bertz CT molecular complexity index is 540. The van der Waals surface area contributed by atoms with E-state index in [-0.39, 0.29) is 5.56 Å². The van der Waals surface area contributed by atoms with Gasteiger partial charge < -0.3 is 0 Å². The summed E-state index contributed by atoms with van der Waals surface area (Å²) < 4.78 is 49.2. The van der Waals surface area contributed by atoms with Crippen LogP contribution in [0.1, 0.15) is 15.9 Å². The van der Waals surface area contributed by atoms with Gasteiger partial charge in [0.2, 0.25) is 10.0 Å². The van der Waals surface area contributed by atoms with Crippen LogP contribution in [0.25, 0.3) is 0 Å². The first-order valence-electron chi connectivity index (χ1n) is 4.19. The highest BCUT2D eigenvalue weighted by Crippen LogP contribution is 2.16. The number of sulfonamides is 1. The zero-order valence-corrected chi connectivity index (χ0v) is 9.36. The Morgan fingerprint density at radius 1 is 1.31 bits per heavy atom. The smallest absolute Gasteiger partial charge is 0.268 e. The lowest BCUT2D eigenvalue weighted by molar-refractivity contribution is 0.0976. The number of nitrogens with one attached hydrogen (secondary N) is 1. The van der Waals surface area contributed by atoms with Gasteiger partial charge in [0.05, 0.1) is 11.8 Å². The molecule has 0 aliphatic rings. The average Bonchev–Trinajstić information content (AvgIpc) is 2.09. The number of halogens is 2. The minimum atomic E-state index is -3.81. The molecule has 0 saturated carbocycles. The van der Waals surface area contributed by atoms with Gasteiger partial charge in [-0.05, 0) is 18.6 Å². The molecule has 1 rings (SSSR count). The maximum Gasteiger partial charge on any atom is 0.268 e. The molecule has 1 amide bonds. The van der Waals surface area contributed by atoms with Gasteiger partial charge >= 0.3 is 0 Å². The quantitative estimate of drug-likeness (QED) is 0.849. The lowest BCUT2D eigenvalue weighted by Gasteiger charge is -2.07. The monoisotopic (exact) mass is 249 g/mol. The van der Waals surface area contributed by atoms with Crippen molar-refractivity contribution >= 4 is 15.9 Å². The second-order valence-electron chi connectivity index (χ2n) is 3.26. The molecule has 4 nitrogen and oxygen atoms in total. The van der Waals surface area contributed by atoms with Crippen LogP contribution in [-0.4, -0.2) is 20.6 Å². The minimum absolute atomic E-state index is 0.153. The summed E-state index contributed by atoms with van der Waals surface area (Å²) >= 11 is 0. The standard InChI is InChI=1S/C9H9F2NO3S/c1-5-3-4-6(10)8(11)7(5)9(13)12-16(2,14)15/h3-4H,1-2H3,(H,12,13). The molecule has 1 aromatic carbocycles. The molecule has 0 radical (unpaired) electrons. The van der Waals surface area contributed by atoms with E-state index in [0.717, 1.165) is 12.3 Å². The molecular formula is C9H9F2NO3S. The van der Waals surface area contributed by atoms with Gasteiger partial charge in [0.15, 0.2) is 11.6 Å². The number of amides is 1. The van der Waals surface area contributed by atoms with Crippen molar-refractivity contribution in [3.05, 3.63) is 34.9 Å². The summed E-state index contributed by atoms with van der Waals surface area (Å²) in [7, 11) is -3.81. The van der Waals surface area contributed by atoms with E-state index in [9.17, 15) is 22.0 Å². The van der Waals surface area contributed by atoms with Gasteiger partial charge in [0.1, 0.15) is 0 Å². The summed E-state index contributed by atoms with van der Waals surface area (Å²) in [5.74, 6) is -3.75. The molecule has 0 unspecified atom stereocenters. The van der Waals surface area contributed by atoms with Crippen LogP contribution in [0.3, 0.4) is 0 Å². The molecule has 0 fully saturated rings. The van der Waals surface area contributed by atoms with Crippen molar-refractivity contribution in [1.82, 2.24) is 4.72 Å². The Hall–Kier alpha value is -1.50. The molecule has 0 aromatic heterocycles. The fourth-order valence-electron chi connectivity index (χ4n) is 1.15. The predicted octanol–water partition coefficient (Wildman–Crippen LogP) is 0.963. The molecule has 0 aliphatic heterocycles. The van der Waals surface area contributed by atoms with E-state index in [1.807, 2.05) is 0 Å². The normalized spacial score (nSPS) is 11.2. The number of rotatable bonds is 2. The van der Waals surface area contributed by atoms with Crippen LogP contribution in [-0.2, 0) is 10.0 Å². The fourth-order valence-corrected chi connectivity index (χ4v) is 1.58. The second kappa shape index (κ2) is 4.17. The number of aryl methyl sites for hydroxylation is 1. The van der Waals surface area contributed by atoms with E-state index in [1.54, 1.807) is 4.72 Å². The number of hydrogen-bond acceptors (Lipinski definition) is 3. The Balaban J connectivity index is 3.24. The van der Waals surface area contributed by atoms with Crippen molar-refractivity contribution in [2.75, 3.05) is 6.26 Å². The molecule has 0 atom stereocenters. The van der Waals surface area contributed by atoms with E-state index in [2.05, 4.69) is 0 Å². The number of hydrogen-bond donors (Lipinski definition) is 1. The van der Waals surface area contributed by atoms with E-state index < -0.39 is 33.1 Å². The fraction of sp³-hybridized carbons (Fsp3) is 0.222. The van der Waals surface area contributed by atoms with Crippen LogP contribution < -0.4 is 4.72 Å². The van der Waals surface area contributed by atoms with Crippen LogP contribution in [0.2, 0.25) is 0 Å². The molecule has 7 heteroatoms. The summed E-state index contributed by atoms with van der Waals surface area (Å²) in [4.78, 5) is 11.4. The SMILES string of the molecule is Cc1ccc(F)c(F)c1C(=O)NS(C)(=O)=O. The first-order valence-corrected chi connectivity index (χ1v) is 6.08. The van der Waals surface area contributed by atoms with Crippen LogP contribution in [0.5, 0.6) is 0 Å². The first-order chi connectivity index (χ1) is 7.22. The molecule has 16 heavy (non-hydrogen) atoms. The maximum atomic E-state index is 13.3. The van der Waals surface area contributed by atoms with Gasteiger partial charge in [-0.25, -0.2) is 21.9 Å². The summed E-state index contributed by atoms with van der Waals surface area (Å²) in [6, 6.07) is 2.05. The van der Waals surface area contributed by atoms with Crippen molar-refractivity contribution in [3.63, 3.8) is 0 Å². The predicted molar refractivity (Wildman–Crippen MR) is 53.4 cm³/mol. The average molecular weight is 249 g/mol. The summed E-state index contributed by atoms with van der Waals surface area (Å²) in [5, 5.41) is 0. The minimum Gasteiger partial charge on any atom is -0.268 e. The highest BCUT2D eigenvalue weighted by atomic mass is 32.2. The molecule has 0 spiro atoms. The van der Waals surface area contributed by atoms with Gasteiger partial charge in [0, 0.05) is 0 Å². The van der Waals surface area contributed by atoms with Gasteiger partial charge in [-0.3, -0.25) is 4.79 Å². The van der Waals surface area contributed by atoms with E-state index in [1.165, 1.54) is 13.0 Å². The molecule has 1 aromatic rings. The van der Waals surface area contributed by atoms with Gasteiger partial charge in [0.25, 0.3) is 5.91 Å². The van der Waals surface area contributed by atoms with E-state index >= 15 is 0 Å². The topological polar surface area (TPSA) is 63.2 Å². The van der Waals surface area contributed by atoms with E-state index in [0.29, 0.717) is 0 Å². The Labute approximate surface area is 91.3 Å². The molecule has 1 N–H and O–H groups in total. The van der Waals surface area contributed by atoms with Crippen molar-refractivity contribution in [1.29, 1.82) is 0 Å². The molecule has 0 saturated heterocycles. The third-order valence-corrected chi connectivity index (χ3v) is 2.36. The molecule has 0 heterocycles. The second-order valence-corrected chi connectivity index (χ2v) is 5.01. The Morgan fingerprint density at radius 3 is 2.38 bits per heavy atom. The zero-order chi connectivity index (χ0) is 12.5. The largest absolute Gasteiger partial charge is 0.268 e. The number of carbonyl (C=O) groups excluding carboxylic acids is 1. The van der Waals surface area contributed by atoms with E-state index in [4.69, 9.17) is 0 Å². The van der Waals surface area contributed by atoms with Crippen LogP contribution in [0.15, 0.2) is 12.1 Å². The Morgan fingerprint density at radius 2 is 1.88 bits per heavy atom. The van der Waals surface area contributed by atoms with Crippen LogP contribution in [0.4, 0.5) is 8.78 Å². The lowest BCUT2D eigenvalue weighted by Crippen LogP contribution is -2.30. The van der Waals surface area contributed by atoms with Crippen LogP contribution in [0, 0.1) is 18.6 Å². The van der Waals surface area contributed by atoms with Gasteiger partial charge in [-0.2, -0.15) is 0 Å². The summed E-state index contributed by atoms with van der Waals surface area (Å²) in [6.07, 6.45) is 0.747. The molecule has 0 aliphatic carbocycles. The Kier molecular flexibility index (Phi) is 3.27. The summed E-state index contributed by atoms with van der Waals surface area (Å²) in [5.41, 5.74) is -0.453.